The standard InChI is InChI=1S/C10H11N3O/c1-5-4-7-8(11)3-2-6(10(12)14)9(7)13-5/h2-4,13H,11H2,1H3,(H2,12,14). The van der Waals surface area contributed by atoms with Gasteiger partial charge >= 0.3 is 0 Å². The summed E-state index contributed by atoms with van der Waals surface area (Å²) in [7, 11) is 0. The Hall–Kier alpha value is -1.97. The van der Waals surface area contributed by atoms with Crippen molar-refractivity contribution in [2.45, 2.75) is 6.92 Å². The van der Waals surface area contributed by atoms with Crippen molar-refractivity contribution in [1.29, 1.82) is 0 Å². The molecular formula is C10H11N3O. The average molecular weight is 189 g/mol. The molecule has 2 rings (SSSR count). The quantitative estimate of drug-likeness (QED) is 0.588. The van der Waals surface area contributed by atoms with Crippen LogP contribution in [0, 0.1) is 6.92 Å². The number of carbonyl (C=O) groups excluding carboxylic acids is 1. The van der Waals surface area contributed by atoms with Crippen LogP contribution in [0.4, 0.5) is 5.69 Å². The summed E-state index contributed by atoms with van der Waals surface area (Å²) >= 11 is 0. The number of carbonyl (C=O) groups is 1. The average Bonchev–Trinajstić information content (AvgIpc) is 2.47. The Bertz CT molecular complexity index is 513. The molecule has 1 heterocycles. The number of hydrogen-bond donors (Lipinski definition) is 3. The van der Waals surface area contributed by atoms with Crippen molar-refractivity contribution < 1.29 is 4.79 Å². The molecule has 4 nitrogen and oxygen atoms in total. The van der Waals surface area contributed by atoms with Crippen molar-refractivity contribution in [2.75, 3.05) is 5.73 Å². The van der Waals surface area contributed by atoms with E-state index in [0.717, 1.165) is 16.6 Å². The first kappa shape index (κ1) is 8.62. The number of nitrogens with two attached hydrogens (primary N) is 2. The number of fused-ring (bicyclic) bond motifs is 1. The number of amides is 1. The van der Waals surface area contributed by atoms with Gasteiger partial charge in [-0.3, -0.25) is 4.79 Å². The van der Waals surface area contributed by atoms with Gasteiger partial charge in [0.15, 0.2) is 0 Å². The van der Waals surface area contributed by atoms with Crippen LogP contribution >= 0.6 is 0 Å². The fourth-order valence-electron chi connectivity index (χ4n) is 1.58. The second-order valence-corrected chi connectivity index (χ2v) is 3.31. The first-order chi connectivity index (χ1) is 6.59. The van der Waals surface area contributed by atoms with Crippen molar-refractivity contribution >= 4 is 22.5 Å². The number of aryl methyl sites for hydroxylation is 1. The zero-order chi connectivity index (χ0) is 10.3. The van der Waals surface area contributed by atoms with Crippen LogP contribution in [-0.2, 0) is 0 Å². The molecule has 0 aliphatic carbocycles. The summed E-state index contributed by atoms with van der Waals surface area (Å²) in [5.74, 6) is -0.447. The lowest BCUT2D eigenvalue weighted by atomic mass is 10.1. The molecule has 0 saturated heterocycles. The third-order valence-electron chi connectivity index (χ3n) is 2.23. The van der Waals surface area contributed by atoms with Gasteiger partial charge in [-0.15, -0.1) is 0 Å². The molecule has 5 N–H and O–H groups in total. The summed E-state index contributed by atoms with van der Waals surface area (Å²) in [6, 6.07) is 5.22. The van der Waals surface area contributed by atoms with Crippen LogP contribution in [0.3, 0.4) is 0 Å². The molecule has 1 aromatic carbocycles. The third kappa shape index (κ3) is 1.12. The Kier molecular flexibility index (Phi) is 1.70. The lowest BCUT2D eigenvalue weighted by molar-refractivity contribution is 0.100. The van der Waals surface area contributed by atoms with Crippen molar-refractivity contribution in [3.8, 4) is 0 Å². The highest BCUT2D eigenvalue weighted by Gasteiger charge is 2.10. The van der Waals surface area contributed by atoms with E-state index in [9.17, 15) is 4.79 Å². The van der Waals surface area contributed by atoms with Crippen LogP contribution in [0.2, 0.25) is 0 Å². The van der Waals surface area contributed by atoms with Gasteiger partial charge in [0.1, 0.15) is 0 Å². The topological polar surface area (TPSA) is 84.9 Å². The summed E-state index contributed by atoms with van der Waals surface area (Å²) in [5, 5.41) is 0.846. The SMILES string of the molecule is Cc1cc2c(N)ccc(C(N)=O)c2[nH]1. The molecule has 0 atom stereocenters. The normalized spacial score (nSPS) is 10.6. The summed E-state index contributed by atoms with van der Waals surface area (Å²) in [4.78, 5) is 14.2. The number of benzene rings is 1. The molecule has 0 saturated carbocycles. The molecule has 0 spiro atoms. The summed E-state index contributed by atoms with van der Waals surface area (Å²) in [6.07, 6.45) is 0. The minimum atomic E-state index is -0.447. The van der Waals surface area contributed by atoms with Crippen molar-refractivity contribution in [1.82, 2.24) is 4.98 Å². The minimum Gasteiger partial charge on any atom is -0.398 e. The second kappa shape index (κ2) is 2.77. The predicted octanol–water partition coefficient (Wildman–Crippen LogP) is 1.16. The van der Waals surface area contributed by atoms with E-state index < -0.39 is 5.91 Å². The molecule has 1 amide bonds. The number of rotatable bonds is 1. The number of anilines is 1. The Morgan fingerprint density at radius 2 is 2.14 bits per heavy atom. The highest BCUT2D eigenvalue weighted by atomic mass is 16.1. The van der Waals surface area contributed by atoms with Gasteiger partial charge in [-0.1, -0.05) is 0 Å². The van der Waals surface area contributed by atoms with E-state index in [1.54, 1.807) is 12.1 Å². The van der Waals surface area contributed by atoms with Crippen molar-refractivity contribution in [2.24, 2.45) is 5.73 Å². The van der Waals surface area contributed by atoms with E-state index in [1.165, 1.54) is 0 Å². The number of nitrogen functional groups attached to an aromatic ring is 1. The number of aromatic amines is 1. The minimum absolute atomic E-state index is 0.447. The first-order valence-electron chi connectivity index (χ1n) is 4.27. The van der Waals surface area contributed by atoms with E-state index in [1.807, 2.05) is 13.0 Å². The zero-order valence-corrected chi connectivity index (χ0v) is 7.79. The highest BCUT2D eigenvalue weighted by molar-refractivity contribution is 6.08. The molecular weight excluding hydrogens is 178 g/mol. The van der Waals surface area contributed by atoms with Crippen LogP contribution in [0.25, 0.3) is 10.9 Å². The van der Waals surface area contributed by atoms with Gasteiger partial charge in [-0.25, -0.2) is 0 Å². The first-order valence-corrected chi connectivity index (χ1v) is 4.27. The second-order valence-electron chi connectivity index (χ2n) is 3.31. The summed E-state index contributed by atoms with van der Waals surface area (Å²) in [6.45, 7) is 1.91. The Morgan fingerprint density at radius 1 is 1.43 bits per heavy atom. The summed E-state index contributed by atoms with van der Waals surface area (Å²) < 4.78 is 0. The van der Waals surface area contributed by atoms with Gasteiger partial charge in [0.25, 0.3) is 5.91 Å². The molecule has 4 heteroatoms. The maximum atomic E-state index is 11.1. The highest BCUT2D eigenvalue weighted by Crippen LogP contribution is 2.24. The number of hydrogen-bond acceptors (Lipinski definition) is 2. The maximum Gasteiger partial charge on any atom is 0.250 e. The van der Waals surface area contributed by atoms with Crippen molar-refractivity contribution in [3.05, 3.63) is 29.5 Å². The summed E-state index contributed by atoms with van der Waals surface area (Å²) in [5.41, 5.74) is 13.8. The molecule has 72 valence electrons. The Morgan fingerprint density at radius 3 is 2.79 bits per heavy atom. The van der Waals surface area contributed by atoms with Crippen LogP contribution in [0.15, 0.2) is 18.2 Å². The van der Waals surface area contributed by atoms with Gasteiger partial charge < -0.3 is 16.5 Å². The van der Waals surface area contributed by atoms with E-state index in [-0.39, 0.29) is 0 Å². The van der Waals surface area contributed by atoms with Gasteiger partial charge in [0.05, 0.1) is 11.1 Å². The van der Waals surface area contributed by atoms with Crippen LogP contribution < -0.4 is 11.5 Å². The molecule has 14 heavy (non-hydrogen) atoms. The smallest absolute Gasteiger partial charge is 0.250 e. The van der Waals surface area contributed by atoms with Crippen LogP contribution in [0.1, 0.15) is 16.1 Å². The Balaban J connectivity index is 2.87. The van der Waals surface area contributed by atoms with Gasteiger partial charge in [0.2, 0.25) is 0 Å². The lowest BCUT2D eigenvalue weighted by Crippen LogP contribution is -2.11. The van der Waals surface area contributed by atoms with E-state index >= 15 is 0 Å². The van der Waals surface area contributed by atoms with E-state index in [2.05, 4.69) is 4.98 Å². The van der Waals surface area contributed by atoms with E-state index in [0.29, 0.717) is 11.3 Å². The van der Waals surface area contributed by atoms with Gasteiger partial charge in [0, 0.05) is 16.8 Å². The lowest BCUT2D eigenvalue weighted by Gasteiger charge is -2.00. The number of nitrogens with one attached hydrogen (secondary N) is 1. The Labute approximate surface area is 80.9 Å². The molecule has 0 radical (unpaired) electrons. The maximum absolute atomic E-state index is 11.1. The number of aromatic nitrogens is 1. The molecule has 0 aliphatic heterocycles. The van der Waals surface area contributed by atoms with E-state index in [4.69, 9.17) is 11.5 Å². The fraction of sp³-hybridized carbons (Fsp3) is 0.100. The third-order valence-corrected chi connectivity index (χ3v) is 2.23. The van der Waals surface area contributed by atoms with Crippen LogP contribution in [0.5, 0.6) is 0 Å². The zero-order valence-electron chi connectivity index (χ0n) is 7.79. The molecule has 1 aromatic heterocycles. The predicted molar refractivity (Wildman–Crippen MR) is 56.0 cm³/mol. The number of primary amides is 1. The molecule has 0 fully saturated rings. The fourth-order valence-corrected chi connectivity index (χ4v) is 1.58. The molecule has 2 aromatic rings. The number of H-pyrrole nitrogens is 1. The monoisotopic (exact) mass is 189 g/mol. The van der Waals surface area contributed by atoms with Crippen molar-refractivity contribution in [3.63, 3.8) is 0 Å². The molecule has 0 unspecified atom stereocenters. The van der Waals surface area contributed by atoms with Gasteiger partial charge in [-0.2, -0.15) is 0 Å². The molecule has 0 bridgehead atoms. The largest absolute Gasteiger partial charge is 0.398 e. The van der Waals surface area contributed by atoms with Crippen LogP contribution in [-0.4, -0.2) is 10.9 Å². The van der Waals surface area contributed by atoms with Gasteiger partial charge in [-0.05, 0) is 25.1 Å². The molecule has 0 aliphatic rings.